The SMILES string of the molecule is CCC(=O)/C(=C/OC)CC. The average molecular weight is 142 g/mol. The van der Waals surface area contributed by atoms with E-state index in [0.717, 1.165) is 12.0 Å². The summed E-state index contributed by atoms with van der Waals surface area (Å²) in [4.78, 5) is 11.0. The van der Waals surface area contributed by atoms with Gasteiger partial charge in [-0.1, -0.05) is 13.8 Å². The molecule has 0 rings (SSSR count). The molecule has 0 radical (unpaired) electrons. The number of ketones is 1. The Hall–Kier alpha value is -0.790. The van der Waals surface area contributed by atoms with Crippen LogP contribution in [0.4, 0.5) is 0 Å². The first-order valence-electron chi connectivity index (χ1n) is 3.51. The fourth-order valence-corrected chi connectivity index (χ4v) is 0.716. The second kappa shape index (κ2) is 5.03. The van der Waals surface area contributed by atoms with E-state index in [9.17, 15) is 4.79 Å². The molecule has 0 heterocycles. The highest BCUT2D eigenvalue weighted by Gasteiger charge is 2.03. The van der Waals surface area contributed by atoms with Gasteiger partial charge in [0.25, 0.3) is 0 Å². The second-order valence-corrected chi connectivity index (χ2v) is 2.01. The topological polar surface area (TPSA) is 26.3 Å². The van der Waals surface area contributed by atoms with Gasteiger partial charge in [-0.05, 0) is 6.42 Å². The molecule has 0 aromatic rings. The predicted octanol–water partition coefficient (Wildman–Crippen LogP) is 1.91. The molecule has 0 aliphatic carbocycles. The van der Waals surface area contributed by atoms with Gasteiger partial charge < -0.3 is 4.74 Å². The first-order chi connectivity index (χ1) is 4.76. The summed E-state index contributed by atoms with van der Waals surface area (Å²) in [6, 6.07) is 0. The van der Waals surface area contributed by atoms with Gasteiger partial charge in [0, 0.05) is 12.0 Å². The number of rotatable bonds is 4. The van der Waals surface area contributed by atoms with Crippen LogP contribution in [0.25, 0.3) is 0 Å². The molecule has 0 spiro atoms. The lowest BCUT2D eigenvalue weighted by atomic mass is 10.1. The number of hydrogen-bond donors (Lipinski definition) is 0. The summed E-state index contributed by atoms with van der Waals surface area (Å²) >= 11 is 0. The van der Waals surface area contributed by atoms with Crippen LogP contribution in [-0.4, -0.2) is 12.9 Å². The maximum Gasteiger partial charge on any atom is 0.161 e. The van der Waals surface area contributed by atoms with Crippen LogP contribution in [-0.2, 0) is 9.53 Å². The molecule has 0 unspecified atom stereocenters. The molecule has 2 nitrogen and oxygen atoms in total. The zero-order valence-corrected chi connectivity index (χ0v) is 6.81. The van der Waals surface area contributed by atoms with E-state index in [0.29, 0.717) is 6.42 Å². The summed E-state index contributed by atoms with van der Waals surface area (Å²) in [7, 11) is 1.55. The van der Waals surface area contributed by atoms with Gasteiger partial charge >= 0.3 is 0 Å². The first kappa shape index (κ1) is 9.21. The van der Waals surface area contributed by atoms with Crippen LogP contribution in [0.5, 0.6) is 0 Å². The molecular weight excluding hydrogens is 128 g/mol. The van der Waals surface area contributed by atoms with Crippen molar-refractivity contribution in [2.75, 3.05) is 7.11 Å². The molecule has 2 heteroatoms. The molecular formula is C8H14O2. The quantitative estimate of drug-likeness (QED) is 0.442. The highest BCUT2D eigenvalue weighted by atomic mass is 16.5. The molecule has 0 aliphatic heterocycles. The van der Waals surface area contributed by atoms with E-state index < -0.39 is 0 Å². The van der Waals surface area contributed by atoms with Gasteiger partial charge in [-0.3, -0.25) is 4.79 Å². The van der Waals surface area contributed by atoms with Crippen LogP contribution >= 0.6 is 0 Å². The van der Waals surface area contributed by atoms with Crippen molar-refractivity contribution in [2.45, 2.75) is 26.7 Å². The van der Waals surface area contributed by atoms with Crippen LogP contribution in [0.1, 0.15) is 26.7 Å². The van der Waals surface area contributed by atoms with Gasteiger partial charge in [-0.2, -0.15) is 0 Å². The fourth-order valence-electron chi connectivity index (χ4n) is 0.716. The Morgan fingerprint density at radius 2 is 2.00 bits per heavy atom. The second-order valence-electron chi connectivity index (χ2n) is 2.01. The molecule has 0 saturated heterocycles. The summed E-state index contributed by atoms with van der Waals surface area (Å²) < 4.78 is 4.73. The third-order valence-corrected chi connectivity index (χ3v) is 1.32. The molecule has 0 N–H and O–H groups in total. The summed E-state index contributed by atoms with van der Waals surface area (Å²) in [5, 5.41) is 0. The van der Waals surface area contributed by atoms with E-state index in [-0.39, 0.29) is 5.78 Å². The van der Waals surface area contributed by atoms with Gasteiger partial charge in [0.05, 0.1) is 13.4 Å². The first-order valence-corrected chi connectivity index (χ1v) is 3.51. The van der Waals surface area contributed by atoms with Crippen LogP contribution in [0.3, 0.4) is 0 Å². The summed E-state index contributed by atoms with van der Waals surface area (Å²) in [5.41, 5.74) is 0.769. The largest absolute Gasteiger partial charge is 0.504 e. The third kappa shape index (κ3) is 2.67. The Balaban J connectivity index is 4.06. The number of Topliss-reactive ketones (excluding diaryl/α,β-unsaturated/α-hetero) is 1. The lowest BCUT2D eigenvalue weighted by Gasteiger charge is -1.98. The number of carbonyl (C=O) groups is 1. The smallest absolute Gasteiger partial charge is 0.161 e. The van der Waals surface area contributed by atoms with E-state index in [1.165, 1.54) is 6.26 Å². The zero-order valence-electron chi connectivity index (χ0n) is 6.81. The van der Waals surface area contributed by atoms with Crippen molar-refractivity contribution >= 4 is 5.78 Å². The number of carbonyl (C=O) groups excluding carboxylic acids is 1. The maximum absolute atomic E-state index is 11.0. The minimum atomic E-state index is 0.171. The number of hydrogen-bond acceptors (Lipinski definition) is 2. The number of allylic oxidation sites excluding steroid dienone is 1. The Morgan fingerprint density at radius 1 is 1.40 bits per heavy atom. The van der Waals surface area contributed by atoms with Crippen molar-refractivity contribution in [3.63, 3.8) is 0 Å². The Bertz CT molecular complexity index is 136. The van der Waals surface area contributed by atoms with Crippen molar-refractivity contribution in [3.05, 3.63) is 11.8 Å². The van der Waals surface area contributed by atoms with E-state index in [1.54, 1.807) is 7.11 Å². The van der Waals surface area contributed by atoms with E-state index in [1.807, 2.05) is 13.8 Å². The van der Waals surface area contributed by atoms with Crippen LogP contribution in [0.15, 0.2) is 11.8 Å². The van der Waals surface area contributed by atoms with Gasteiger partial charge in [-0.15, -0.1) is 0 Å². The van der Waals surface area contributed by atoms with Crippen molar-refractivity contribution in [1.82, 2.24) is 0 Å². The summed E-state index contributed by atoms with van der Waals surface area (Å²) in [6.45, 7) is 3.79. The highest BCUT2D eigenvalue weighted by Crippen LogP contribution is 2.04. The maximum atomic E-state index is 11.0. The van der Waals surface area contributed by atoms with Gasteiger partial charge in [-0.25, -0.2) is 0 Å². The van der Waals surface area contributed by atoms with Crippen molar-refractivity contribution < 1.29 is 9.53 Å². The monoisotopic (exact) mass is 142 g/mol. The zero-order chi connectivity index (χ0) is 7.98. The molecule has 0 fully saturated rings. The lowest BCUT2D eigenvalue weighted by Crippen LogP contribution is -1.99. The number of ether oxygens (including phenoxy) is 1. The molecule has 10 heavy (non-hydrogen) atoms. The van der Waals surface area contributed by atoms with Gasteiger partial charge in [0.1, 0.15) is 0 Å². The minimum Gasteiger partial charge on any atom is -0.504 e. The summed E-state index contributed by atoms with van der Waals surface area (Å²) in [6.07, 6.45) is 2.83. The molecule has 0 saturated carbocycles. The Kier molecular flexibility index (Phi) is 4.63. The standard InChI is InChI=1S/C8H14O2/c1-4-7(6-10-3)8(9)5-2/h6H,4-5H2,1-3H3/b7-6+. The van der Waals surface area contributed by atoms with E-state index in [4.69, 9.17) is 4.74 Å². The van der Waals surface area contributed by atoms with E-state index in [2.05, 4.69) is 0 Å². The van der Waals surface area contributed by atoms with Crippen LogP contribution < -0.4 is 0 Å². The molecule has 0 aliphatic rings. The minimum absolute atomic E-state index is 0.171. The molecule has 0 aromatic carbocycles. The van der Waals surface area contributed by atoms with Gasteiger partial charge in [0.2, 0.25) is 0 Å². The molecule has 0 bridgehead atoms. The van der Waals surface area contributed by atoms with Crippen molar-refractivity contribution in [2.24, 2.45) is 0 Å². The predicted molar refractivity (Wildman–Crippen MR) is 40.7 cm³/mol. The Labute approximate surface area is 61.9 Å². The van der Waals surface area contributed by atoms with E-state index >= 15 is 0 Å². The fraction of sp³-hybridized carbons (Fsp3) is 0.625. The van der Waals surface area contributed by atoms with Crippen molar-refractivity contribution in [3.8, 4) is 0 Å². The molecule has 0 atom stereocenters. The lowest BCUT2D eigenvalue weighted by molar-refractivity contribution is -0.115. The molecule has 0 amide bonds. The normalized spacial score (nSPS) is 11.3. The van der Waals surface area contributed by atoms with Crippen molar-refractivity contribution in [1.29, 1.82) is 0 Å². The molecule has 58 valence electrons. The highest BCUT2D eigenvalue weighted by molar-refractivity contribution is 5.94. The summed E-state index contributed by atoms with van der Waals surface area (Å²) in [5.74, 6) is 0.171. The Morgan fingerprint density at radius 3 is 2.30 bits per heavy atom. The third-order valence-electron chi connectivity index (χ3n) is 1.32. The molecule has 0 aromatic heterocycles. The van der Waals surface area contributed by atoms with Gasteiger partial charge in [0.15, 0.2) is 5.78 Å². The number of methoxy groups -OCH3 is 1. The average Bonchev–Trinajstić information content (AvgIpc) is 1.99. The van der Waals surface area contributed by atoms with Crippen LogP contribution in [0, 0.1) is 0 Å². The van der Waals surface area contributed by atoms with Crippen LogP contribution in [0.2, 0.25) is 0 Å².